The Bertz CT molecular complexity index is 2250. The number of aryl methyl sites for hydroxylation is 2. The molecule has 0 aliphatic heterocycles. The molecule has 3 heterocycles. The predicted molar refractivity (Wildman–Crippen MR) is 161 cm³/mol. The van der Waals surface area contributed by atoms with Gasteiger partial charge in [-0.05, 0) is 79.6 Å². The predicted octanol–water partition coefficient (Wildman–Crippen LogP) is 6.19. The Hall–Kier alpha value is -5.63. The number of nitrogens with zero attached hydrogens (tertiary/aromatic N) is 3. The SMILES string of the molecule is Cc1cnc(F)c(S(=O)(=O)Nc2cc3[nH]c(C(=O)c4cnn(-c5ccc(Oc6ccccc6F)cc5C)c4N)cc3cc2F)c1. The highest BCUT2D eigenvalue weighted by molar-refractivity contribution is 7.92. The second-order valence-corrected chi connectivity index (χ2v) is 11.8. The van der Waals surface area contributed by atoms with Crippen LogP contribution in [0.25, 0.3) is 16.6 Å². The minimum absolute atomic E-state index is 0.0259. The van der Waals surface area contributed by atoms with Crippen molar-refractivity contribution < 1.29 is 31.1 Å². The molecule has 6 rings (SSSR count). The number of sulfonamides is 1. The highest BCUT2D eigenvalue weighted by atomic mass is 32.2. The summed E-state index contributed by atoms with van der Waals surface area (Å²) < 4.78 is 77.7. The summed E-state index contributed by atoms with van der Waals surface area (Å²) in [5, 5.41) is 4.54. The van der Waals surface area contributed by atoms with Crippen molar-refractivity contribution in [2.24, 2.45) is 0 Å². The van der Waals surface area contributed by atoms with Crippen LogP contribution in [0.2, 0.25) is 0 Å². The highest BCUT2D eigenvalue weighted by Crippen LogP contribution is 2.31. The number of hydrogen-bond donors (Lipinski definition) is 3. The molecule has 45 heavy (non-hydrogen) atoms. The largest absolute Gasteiger partial charge is 0.454 e. The molecule has 6 aromatic rings. The van der Waals surface area contributed by atoms with Crippen LogP contribution in [0.15, 0.2) is 84.0 Å². The number of rotatable bonds is 8. The van der Waals surface area contributed by atoms with Gasteiger partial charge in [-0.2, -0.15) is 9.49 Å². The molecule has 0 spiro atoms. The van der Waals surface area contributed by atoms with E-state index in [1.54, 1.807) is 37.3 Å². The van der Waals surface area contributed by atoms with Crippen molar-refractivity contribution in [2.45, 2.75) is 18.7 Å². The van der Waals surface area contributed by atoms with Crippen LogP contribution < -0.4 is 15.2 Å². The van der Waals surface area contributed by atoms with E-state index in [-0.39, 0.29) is 33.7 Å². The Morgan fingerprint density at radius 3 is 2.51 bits per heavy atom. The van der Waals surface area contributed by atoms with E-state index in [1.807, 2.05) is 4.72 Å². The highest BCUT2D eigenvalue weighted by Gasteiger charge is 2.24. The quantitative estimate of drug-likeness (QED) is 0.134. The number of pyridine rings is 1. The van der Waals surface area contributed by atoms with Crippen LogP contribution in [-0.2, 0) is 10.0 Å². The summed E-state index contributed by atoms with van der Waals surface area (Å²) in [6.07, 6.45) is 2.45. The minimum Gasteiger partial charge on any atom is -0.454 e. The molecule has 0 saturated carbocycles. The van der Waals surface area contributed by atoms with Gasteiger partial charge in [0.1, 0.15) is 22.3 Å². The van der Waals surface area contributed by atoms with E-state index < -0.39 is 44.0 Å². The number of carbonyl (C=O) groups excluding carboxylic acids is 1. The van der Waals surface area contributed by atoms with Crippen molar-refractivity contribution in [3.05, 3.63) is 119 Å². The summed E-state index contributed by atoms with van der Waals surface area (Å²) in [6.45, 7) is 3.31. The summed E-state index contributed by atoms with van der Waals surface area (Å²) >= 11 is 0. The fourth-order valence-corrected chi connectivity index (χ4v) is 5.89. The number of aromatic nitrogens is 4. The van der Waals surface area contributed by atoms with E-state index in [9.17, 15) is 26.4 Å². The van der Waals surface area contributed by atoms with Crippen molar-refractivity contribution >= 4 is 38.2 Å². The number of nitrogens with two attached hydrogens (primary N) is 1. The molecule has 3 aromatic heterocycles. The van der Waals surface area contributed by atoms with Gasteiger partial charge in [-0.25, -0.2) is 26.9 Å². The number of para-hydroxylation sites is 1. The molecule has 0 aliphatic carbocycles. The average molecular weight is 633 g/mol. The first-order chi connectivity index (χ1) is 21.4. The van der Waals surface area contributed by atoms with Crippen molar-refractivity contribution in [3.63, 3.8) is 0 Å². The molecule has 10 nitrogen and oxygen atoms in total. The van der Waals surface area contributed by atoms with E-state index in [0.29, 0.717) is 22.6 Å². The van der Waals surface area contributed by atoms with Gasteiger partial charge >= 0.3 is 0 Å². The average Bonchev–Trinajstić information content (AvgIpc) is 3.58. The fraction of sp³-hybridized carbons (Fsp3) is 0.0645. The van der Waals surface area contributed by atoms with Gasteiger partial charge in [0.25, 0.3) is 10.0 Å². The molecule has 0 amide bonds. The Balaban J connectivity index is 1.26. The second kappa shape index (κ2) is 11.1. The Morgan fingerprint density at radius 1 is 0.978 bits per heavy atom. The third kappa shape index (κ3) is 5.58. The molecular formula is C31H23F3N6O4S. The summed E-state index contributed by atoms with van der Waals surface area (Å²) in [5.41, 5.74) is 7.79. The maximum Gasteiger partial charge on any atom is 0.266 e. The number of nitrogen functional groups attached to an aromatic ring is 1. The Morgan fingerprint density at radius 2 is 1.76 bits per heavy atom. The molecule has 0 bridgehead atoms. The van der Waals surface area contributed by atoms with E-state index in [0.717, 1.165) is 24.4 Å². The number of H-pyrrole nitrogens is 1. The van der Waals surface area contributed by atoms with Gasteiger partial charge in [0, 0.05) is 17.1 Å². The Kier molecular flexibility index (Phi) is 7.29. The van der Waals surface area contributed by atoms with Gasteiger partial charge in [0.2, 0.25) is 11.7 Å². The maximum absolute atomic E-state index is 14.9. The van der Waals surface area contributed by atoms with Crippen molar-refractivity contribution in [2.75, 3.05) is 10.5 Å². The lowest BCUT2D eigenvalue weighted by Gasteiger charge is -2.12. The molecule has 0 saturated heterocycles. The van der Waals surface area contributed by atoms with Gasteiger partial charge in [-0.3, -0.25) is 9.52 Å². The van der Waals surface area contributed by atoms with Crippen LogP contribution in [0.1, 0.15) is 27.2 Å². The summed E-state index contributed by atoms with van der Waals surface area (Å²) in [6, 6.07) is 15.6. The zero-order valence-corrected chi connectivity index (χ0v) is 24.4. The number of nitrogens with one attached hydrogen (secondary N) is 2. The number of halogens is 3. The lowest BCUT2D eigenvalue weighted by molar-refractivity contribution is 0.103. The number of hydrogen-bond acceptors (Lipinski definition) is 7. The minimum atomic E-state index is -4.52. The van der Waals surface area contributed by atoms with E-state index in [2.05, 4.69) is 15.1 Å². The smallest absolute Gasteiger partial charge is 0.266 e. The number of benzene rings is 3. The number of fused-ring (bicyclic) bond motifs is 1. The Labute approximate surface area is 254 Å². The molecule has 3 aromatic carbocycles. The van der Waals surface area contributed by atoms with E-state index in [4.69, 9.17) is 10.5 Å². The number of ketones is 1. The topological polar surface area (TPSA) is 145 Å². The summed E-state index contributed by atoms with van der Waals surface area (Å²) in [5.74, 6) is -2.77. The van der Waals surface area contributed by atoms with E-state index >= 15 is 0 Å². The van der Waals surface area contributed by atoms with Crippen LogP contribution in [0, 0.1) is 31.4 Å². The lowest BCUT2D eigenvalue weighted by Crippen LogP contribution is -2.16. The zero-order valence-electron chi connectivity index (χ0n) is 23.6. The van der Waals surface area contributed by atoms with Gasteiger partial charge < -0.3 is 15.5 Å². The van der Waals surface area contributed by atoms with Crippen LogP contribution in [0.5, 0.6) is 11.5 Å². The first-order valence-electron chi connectivity index (χ1n) is 13.3. The summed E-state index contributed by atoms with van der Waals surface area (Å²) in [7, 11) is -4.52. The molecule has 0 atom stereocenters. The third-order valence-corrected chi connectivity index (χ3v) is 8.30. The van der Waals surface area contributed by atoms with Crippen molar-refractivity contribution in [1.82, 2.24) is 19.7 Å². The molecule has 0 fully saturated rings. The van der Waals surface area contributed by atoms with Crippen molar-refractivity contribution in [3.8, 4) is 17.2 Å². The van der Waals surface area contributed by atoms with Gasteiger partial charge in [0.05, 0.1) is 28.8 Å². The van der Waals surface area contributed by atoms with Crippen LogP contribution in [-0.4, -0.2) is 33.9 Å². The number of ether oxygens (including phenoxy) is 1. The van der Waals surface area contributed by atoms with Gasteiger partial charge in [-0.15, -0.1) is 0 Å². The van der Waals surface area contributed by atoms with Crippen LogP contribution >= 0.6 is 0 Å². The maximum atomic E-state index is 14.9. The second-order valence-electron chi connectivity index (χ2n) is 10.2. The first-order valence-corrected chi connectivity index (χ1v) is 14.8. The zero-order chi connectivity index (χ0) is 32.0. The van der Waals surface area contributed by atoms with E-state index in [1.165, 1.54) is 36.0 Å². The standard InChI is InChI=1S/C31H23F3N6O4S/c1-16-9-28(30(34)36-14-16)45(42,43)39-24-13-23-18(11-22(24)33)12-25(38-23)29(41)20-15-37-40(31(20)35)26-8-7-19(10-17(26)2)44-27-6-4-3-5-21(27)32/h3-15,38-39H,35H2,1-2H3. The van der Waals surface area contributed by atoms with Gasteiger partial charge in [-0.1, -0.05) is 12.1 Å². The molecular weight excluding hydrogens is 609 g/mol. The monoisotopic (exact) mass is 632 g/mol. The molecule has 4 N–H and O–H groups in total. The molecule has 14 heteroatoms. The number of anilines is 2. The van der Waals surface area contributed by atoms with Gasteiger partial charge in [0.15, 0.2) is 11.6 Å². The molecule has 0 aliphatic rings. The molecule has 228 valence electrons. The number of aromatic amines is 1. The lowest BCUT2D eigenvalue weighted by atomic mass is 10.1. The molecule has 0 unspecified atom stereocenters. The van der Waals surface area contributed by atoms with Crippen LogP contribution in [0.4, 0.5) is 24.7 Å². The third-order valence-electron chi connectivity index (χ3n) is 6.94. The van der Waals surface area contributed by atoms with Crippen molar-refractivity contribution in [1.29, 1.82) is 0 Å². The summed E-state index contributed by atoms with van der Waals surface area (Å²) in [4.78, 5) is 19.0. The number of carbonyl (C=O) groups is 1. The van der Waals surface area contributed by atoms with Crippen LogP contribution in [0.3, 0.4) is 0 Å². The normalized spacial score (nSPS) is 11.6. The fourth-order valence-electron chi connectivity index (χ4n) is 4.72. The first kappa shape index (κ1) is 29.4. The molecule has 0 radical (unpaired) electrons.